The van der Waals surface area contributed by atoms with Crippen LogP contribution in [0, 0.1) is 27.7 Å². The third kappa shape index (κ3) is 4.15. The van der Waals surface area contributed by atoms with Crippen molar-refractivity contribution in [2.24, 2.45) is 0 Å². The van der Waals surface area contributed by atoms with Gasteiger partial charge >= 0.3 is 0 Å². The first-order valence-corrected chi connectivity index (χ1v) is 11.1. The first-order valence-electron chi connectivity index (χ1n) is 11.1. The molecule has 0 aliphatic heterocycles. The maximum Gasteiger partial charge on any atom is 0.168 e. The summed E-state index contributed by atoms with van der Waals surface area (Å²) in [6.07, 6.45) is 5.75. The fourth-order valence-electron chi connectivity index (χ4n) is 3.69. The molecule has 0 spiro atoms. The van der Waals surface area contributed by atoms with Gasteiger partial charge in [-0.2, -0.15) is 19.2 Å². The van der Waals surface area contributed by atoms with Crippen molar-refractivity contribution < 1.29 is 4.79 Å². The molecule has 0 atom stereocenters. The molecular weight excluding hydrogens is 404 g/mol. The summed E-state index contributed by atoms with van der Waals surface area (Å²) in [6.45, 7) is 7.76. The minimum atomic E-state index is 0.546. The molecule has 4 aromatic rings. The smallest absolute Gasteiger partial charge is 0.168 e. The molecule has 4 aromatic heterocycles. The van der Waals surface area contributed by atoms with Gasteiger partial charge in [0.05, 0.1) is 17.0 Å². The summed E-state index contributed by atoms with van der Waals surface area (Å²) in [5.74, 6) is 1.99. The summed E-state index contributed by atoms with van der Waals surface area (Å²) >= 11 is 0. The van der Waals surface area contributed by atoms with Crippen molar-refractivity contribution in [3.05, 3.63) is 46.5 Å². The Balaban J connectivity index is 0.000000136. The first kappa shape index (κ1) is 20.4. The number of aromatic nitrogens is 6. The number of nitrogens with one attached hydrogen (secondary N) is 2. The van der Waals surface area contributed by atoms with Crippen LogP contribution < -0.4 is 10.6 Å². The SMILES string of the molecule is Cc1cc(NC2CC2)n2nc(C)c(C=O)c2n1.Cc1cc(NC2CC2)n2nc(C)cc2n1. The number of carbonyl (C=O) groups excluding carboxylic acids is 1. The lowest BCUT2D eigenvalue weighted by atomic mass is 10.3. The molecule has 32 heavy (non-hydrogen) atoms. The maximum absolute atomic E-state index is 11.0. The third-order valence-electron chi connectivity index (χ3n) is 5.59. The highest BCUT2D eigenvalue weighted by Crippen LogP contribution is 2.26. The fourth-order valence-corrected chi connectivity index (χ4v) is 3.69. The lowest BCUT2D eigenvalue weighted by Crippen LogP contribution is -2.08. The van der Waals surface area contributed by atoms with E-state index in [0.29, 0.717) is 23.3 Å². The number of aryl methyl sites for hydroxylation is 4. The quantitative estimate of drug-likeness (QED) is 0.464. The molecule has 2 aliphatic carbocycles. The number of hydrogen-bond acceptors (Lipinski definition) is 7. The van der Waals surface area contributed by atoms with Gasteiger partial charge in [0, 0.05) is 41.7 Å². The maximum atomic E-state index is 11.0. The van der Waals surface area contributed by atoms with Crippen molar-refractivity contribution in [3.63, 3.8) is 0 Å². The summed E-state index contributed by atoms with van der Waals surface area (Å²) in [4.78, 5) is 19.9. The van der Waals surface area contributed by atoms with Crippen molar-refractivity contribution in [1.82, 2.24) is 29.2 Å². The predicted molar refractivity (Wildman–Crippen MR) is 124 cm³/mol. The van der Waals surface area contributed by atoms with E-state index in [4.69, 9.17) is 0 Å². The van der Waals surface area contributed by atoms with E-state index in [1.165, 1.54) is 25.7 Å². The highest BCUT2D eigenvalue weighted by molar-refractivity contribution is 5.86. The molecular formula is C23H28N8O. The van der Waals surface area contributed by atoms with Gasteiger partial charge in [-0.05, 0) is 53.4 Å². The van der Waals surface area contributed by atoms with Gasteiger partial charge in [-0.15, -0.1) is 0 Å². The summed E-state index contributed by atoms with van der Waals surface area (Å²) in [7, 11) is 0. The lowest BCUT2D eigenvalue weighted by molar-refractivity contribution is 0.112. The highest BCUT2D eigenvalue weighted by atomic mass is 16.1. The van der Waals surface area contributed by atoms with E-state index in [1.54, 1.807) is 4.52 Å². The van der Waals surface area contributed by atoms with Gasteiger partial charge in [-0.3, -0.25) is 4.79 Å². The van der Waals surface area contributed by atoms with Gasteiger partial charge in [-0.25, -0.2) is 9.97 Å². The third-order valence-corrected chi connectivity index (χ3v) is 5.59. The Hall–Kier alpha value is -3.49. The molecule has 0 saturated heterocycles. The van der Waals surface area contributed by atoms with Gasteiger partial charge in [0.1, 0.15) is 11.6 Å². The van der Waals surface area contributed by atoms with Crippen LogP contribution in [0.5, 0.6) is 0 Å². The average Bonchev–Trinajstić information content (AvgIpc) is 3.65. The van der Waals surface area contributed by atoms with Crippen LogP contribution in [-0.4, -0.2) is 47.6 Å². The van der Waals surface area contributed by atoms with Gasteiger partial charge in [0.25, 0.3) is 0 Å². The Kier molecular flexibility index (Phi) is 5.03. The Morgan fingerprint density at radius 2 is 1.41 bits per heavy atom. The number of fused-ring (bicyclic) bond motifs is 2. The van der Waals surface area contributed by atoms with E-state index in [1.807, 2.05) is 44.3 Å². The number of anilines is 2. The molecule has 0 amide bonds. The number of rotatable bonds is 5. The molecule has 0 unspecified atom stereocenters. The van der Waals surface area contributed by atoms with Crippen LogP contribution in [0.1, 0.15) is 58.8 Å². The molecule has 9 heteroatoms. The van der Waals surface area contributed by atoms with Gasteiger partial charge in [-0.1, -0.05) is 0 Å². The van der Waals surface area contributed by atoms with E-state index in [-0.39, 0.29) is 0 Å². The molecule has 0 radical (unpaired) electrons. The zero-order chi connectivity index (χ0) is 22.4. The van der Waals surface area contributed by atoms with Crippen LogP contribution >= 0.6 is 0 Å². The largest absolute Gasteiger partial charge is 0.367 e. The average molecular weight is 433 g/mol. The minimum absolute atomic E-state index is 0.546. The topological polar surface area (TPSA) is 102 Å². The molecule has 0 bridgehead atoms. The van der Waals surface area contributed by atoms with Crippen LogP contribution in [0.25, 0.3) is 11.3 Å². The minimum Gasteiger partial charge on any atom is -0.367 e. The lowest BCUT2D eigenvalue weighted by Gasteiger charge is -2.07. The van der Waals surface area contributed by atoms with Crippen molar-refractivity contribution >= 4 is 29.2 Å². The first-order chi connectivity index (χ1) is 15.4. The number of carbonyl (C=O) groups is 1. The van der Waals surface area contributed by atoms with Gasteiger partial charge in [0.15, 0.2) is 17.6 Å². The Morgan fingerprint density at radius 1 is 0.812 bits per heavy atom. The number of hydrogen-bond donors (Lipinski definition) is 2. The Bertz CT molecular complexity index is 1310. The van der Waals surface area contributed by atoms with Crippen LogP contribution in [0.2, 0.25) is 0 Å². The van der Waals surface area contributed by atoms with Crippen molar-refractivity contribution in [3.8, 4) is 0 Å². The van der Waals surface area contributed by atoms with E-state index in [0.717, 1.165) is 46.3 Å². The van der Waals surface area contributed by atoms with E-state index >= 15 is 0 Å². The van der Waals surface area contributed by atoms with E-state index in [9.17, 15) is 4.79 Å². The molecule has 2 fully saturated rings. The monoisotopic (exact) mass is 432 g/mol. The molecule has 4 heterocycles. The molecule has 166 valence electrons. The van der Waals surface area contributed by atoms with Gasteiger partial charge in [0.2, 0.25) is 0 Å². The van der Waals surface area contributed by atoms with Crippen molar-refractivity contribution in [2.45, 2.75) is 65.5 Å². The van der Waals surface area contributed by atoms with Crippen LogP contribution in [0.4, 0.5) is 11.6 Å². The zero-order valence-corrected chi connectivity index (χ0v) is 18.9. The molecule has 2 N–H and O–H groups in total. The predicted octanol–water partition coefficient (Wildman–Crippen LogP) is 3.65. The second kappa shape index (κ2) is 7.89. The number of aldehydes is 1. The summed E-state index contributed by atoms with van der Waals surface area (Å²) in [6, 6.07) is 7.21. The molecule has 0 aromatic carbocycles. The van der Waals surface area contributed by atoms with E-state index < -0.39 is 0 Å². The van der Waals surface area contributed by atoms with Crippen LogP contribution in [0.3, 0.4) is 0 Å². The van der Waals surface area contributed by atoms with E-state index in [2.05, 4.69) is 36.9 Å². The zero-order valence-electron chi connectivity index (χ0n) is 18.9. The summed E-state index contributed by atoms with van der Waals surface area (Å²) in [5, 5.41) is 15.7. The standard InChI is InChI=1S/C12H14N4O.C11H14N4/c1-7-5-11(14-9-3-4-9)16-12(13-7)10(6-17)8(2)15-16;1-7-5-11(13-9-3-4-9)15-10(12-7)6-8(2)14-15/h5-6,9,14H,3-4H2,1-2H3;5-6,9,13H,3-4H2,1-2H3. The Morgan fingerprint density at radius 3 is 2.00 bits per heavy atom. The van der Waals surface area contributed by atoms with Crippen molar-refractivity contribution in [2.75, 3.05) is 10.6 Å². The van der Waals surface area contributed by atoms with Gasteiger partial charge < -0.3 is 10.6 Å². The highest BCUT2D eigenvalue weighted by Gasteiger charge is 2.23. The summed E-state index contributed by atoms with van der Waals surface area (Å²) in [5.41, 5.74) is 5.79. The molecule has 2 saturated carbocycles. The van der Waals surface area contributed by atoms with Crippen LogP contribution in [0.15, 0.2) is 18.2 Å². The number of nitrogens with zero attached hydrogens (tertiary/aromatic N) is 6. The normalized spacial score (nSPS) is 15.5. The second-order valence-electron chi connectivity index (χ2n) is 8.81. The molecule has 6 rings (SSSR count). The fraction of sp³-hybridized carbons (Fsp3) is 0.435. The Labute approximate surface area is 186 Å². The van der Waals surface area contributed by atoms with Crippen molar-refractivity contribution in [1.29, 1.82) is 0 Å². The molecule has 2 aliphatic rings. The van der Waals surface area contributed by atoms with Crippen LogP contribution in [-0.2, 0) is 0 Å². The summed E-state index contributed by atoms with van der Waals surface area (Å²) < 4.78 is 3.62. The molecule has 9 nitrogen and oxygen atoms in total. The second-order valence-corrected chi connectivity index (χ2v) is 8.81.